The molecule has 1 aromatic carbocycles. The molecule has 16 heavy (non-hydrogen) atoms. The zero-order valence-electron chi connectivity index (χ0n) is 9.56. The van der Waals surface area contributed by atoms with Gasteiger partial charge in [-0.05, 0) is 17.7 Å². The lowest BCUT2D eigenvalue weighted by Crippen LogP contribution is -2.27. The lowest BCUT2D eigenvalue weighted by atomic mass is 10.0. The molecule has 0 spiro atoms. The highest BCUT2D eigenvalue weighted by Gasteiger charge is 2.16. The van der Waals surface area contributed by atoms with Gasteiger partial charge in [0.1, 0.15) is 6.10 Å². The van der Waals surface area contributed by atoms with E-state index in [2.05, 4.69) is 5.32 Å². The Bertz CT molecular complexity index is 318. The topological polar surface area (TPSA) is 78.5 Å². The van der Waals surface area contributed by atoms with E-state index in [9.17, 15) is 10.2 Å². The molecular weight excluding hydrogens is 204 g/mol. The first-order valence-corrected chi connectivity index (χ1v) is 5.54. The fourth-order valence-electron chi connectivity index (χ4n) is 1.51. The summed E-state index contributed by atoms with van der Waals surface area (Å²) in [7, 11) is 0. The van der Waals surface area contributed by atoms with Crippen molar-refractivity contribution in [1.82, 2.24) is 5.32 Å². The molecule has 0 aliphatic rings. The van der Waals surface area contributed by atoms with Gasteiger partial charge >= 0.3 is 0 Å². The minimum atomic E-state index is -0.911. The predicted octanol–water partition coefficient (Wildman–Crippen LogP) is 0.149. The highest BCUT2D eigenvalue weighted by Crippen LogP contribution is 2.17. The van der Waals surface area contributed by atoms with Crippen LogP contribution in [0.25, 0.3) is 0 Å². The third kappa shape index (κ3) is 3.57. The van der Waals surface area contributed by atoms with Gasteiger partial charge in [-0.25, -0.2) is 0 Å². The molecule has 2 atom stereocenters. The molecule has 0 saturated carbocycles. The van der Waals surface area contributed by atoms with Gasteiger partial charge in [0.15, 0.2) is 0 Å². The van der Waals surface area contributed by atoms with E-state index in [0.29, 0.717) is 5.56 Å². The fraction of sp³-hybridized carbons (Fsp3) is 0.500. The van der Waals surface area contributed by atoms with E-state index in [0.717, 1.165) is 18.7 Å². The van der Waals surface area contributed by atoms with Crippen LogP contribution in [-0.2, 0) is 6.54 Å². The van der Waals surface area contributed by atoms with Gasteiger partial charge in [-0.1, -0.05) is 31.2 Å². The van der Waals surface area contributed by atoms with Crippen LogP contribution < -0.4 is 11.1 Å². The van der Waals surface area contributed by atoms with Crippen LogP contribution >= 0.6 is 0 Å². The molecule has 0 aliphatic heterocycles. The summed E-state index contributed by atoms with van der Waals surface area (Å²) in [6, 6.07) is 7.52. The Morgan fingerprint density at radius 2 is 2.12 bits per heavy atom. The summed E-state index contributed by atoms with van der Waals surface area (Å²) in [5.74, 6) is 0. The van der Waals surface area contributed by atoms with Crippen LogP contribution in [0.5, 0.6) is 0 Å². The highest BCUT2D eigenvalue weighted by atomic mass is 16.3. The van der Waals surface area contributed by atoms with Gasteiger partial charge in [-0.15, -0.1) is 0 Å². The first-order chi connectivity index (χ1) is 7.69. The molecule has 90 valence electrons. The fourth-order valence-corrected chi connectivity index (χ4v) is 1.51. The van der Waals surface area contributed by atoms with Crippen molar-refractivity contribution in [2.45, 2.75) is 25.7 Å². The average molecular weight is 224 g/mol. The van der Waals surface area contributed by atoms with Crippen molar-refractivity contribution in [2.75, 3.05) is 13.1 Å². The van der Waals surface area contributed by atoms with Gasteiger partial charge in [-0.3, -0.25) is 0 Å². The Balaban J connectivity index is 2.73. The first-order valence-electron chi connectivity index (χ1n) is 5.54. The van der Waals surface area contributed by atoms with Crippen LogP contribution in [0, 0.1) is 0 Å². The molecule has 0 heterocycles. The molecule has 0 aromatic heterocycles. The van der Waals surface area contributed by atoms with Gasteiger partial charge in [0.25, 0.3) is 0 Å². The summed E-state index contributed by atoms with van der Waals surface area (Å²) in [5, 5.41) is 22.4. The van der Waals surface area contributed by atoms with Crippen molar-refractivity contribution in [1.29, 1.82) is 0 Å². The number of aliphatic hydroxyl groups is 2. The zero-order chi connectivity index (χ0) is 12.0. The average Bonchev–Trinajstić information content (AvgIpc) is 2.34. The lowest BCUT2D eigenvalue weighted by Gasteiger charge is -2.17. The van der Waals surface area contributed by atoms with Crippen LogP contribution in [0.3, 0.4) is 0 Å². The standard InChI is InChI=1S/C12H20N2O2/c1-2-14-8-9-4-3-5-10(6-9)12(16)11(15)7-13/h3-6,11-12,14-16H,2,7-8,13H2,1H3. The molecule has 5 N–H and O–H groups in total. The number of benzene rings is 1. The molecular formula is C12H20N2O2. The summed E-state index contributed by atoms with van der Waals surface area (Å²) in [6.45, 7) is 3.75. The number of rotatable bonds is 6. The predicted molar refractivity (Wildman–Crippen MR) is 63.8 cm³/mol. The van der Waals surface area contributed by atoms with Gasteiger partial charge in [-0.2, -0.15) is 0 Å². The van der Waals surface area contributed by atoms with E-state index in [1.807, 2.05) is 25.1 Å². The quantitative estimate of drug-likeness (QED) is 0.554. The number of hydrogen-bond donors (Lipinski definition) is 4. The Morgan fingerprint density at radius 1 is 1.38 bits per heavy atom. The highest BCUT2D eigenvalue weighted by molar-refractivity contribution is 5.25. The molecule has 0 fully saturated rings. The summed E-state index contributed by atoms with van der Waals surface area (Å²) in [6.07, 6.45) is -1.82. The van der Waals surface area contributed by atoms with Crippen molar-refractivity contribution in [3.8, 4) is 0 Å². The Kier molecular flexibility index (Phi) is 5.42. The van der Waals surface area contributed by atoms with E-state index in [4.69, 9.17) is 5.73 Å². The summed E-state index contributed by atoms with van der Waals surface area (Å²) in [5.41, 5.74) is 7.09. The Labute approximate surface area is 96.1 Å². The third-order valence-electron chi connectivity index (χ3n) is 2.48. The second-order valence-electron chi connectivity index (χ2n) is 3.77. The molecule has 0 aliphatic carbocycles. The SMILES string of the molecule is CCNCc1cccc(C(O)C(O)CN)c1. The van der Waals surface area contributed by atoms with Crippen LogP contribution in [0.15, 0.2) is 24.3 Å². The van der Waals surface area contributed by atoms with Crippen LogP contribution in [0.1, 0.15) is 24.2 Å². The molecule has 0 bridgehead atoms. The largest absolute Gasteiger partial charge is 0.389 e. The van der Waals surface area contributed by atoms with Crippen molar-refractivity contribution >= 4 is 0 Å². The zero-order valence-corrected chi connectivity index (χ0v) is 9.56. The van der Waals surface area contributed by atoms with E-state index in [1.54, 1.807) is 6.07 Å². The summed E-state index contributed by atoms with van der Waals surface area (Å²) in [4.78, 5) is 0. The van der Waals surface area contributed by atoms with Gasteiger partial charge in [0.2, 0.25) is 0 Å². The van der Waals surface area contributed by atoms with E-state index < -0.39 is 12.2 Å². The minimum absolute atomic E-state index is 0.0542. The van der Waals surface area contributed by atoms with Crippen molar-refractivity contribution in [3.05, 3.63) is 35.4 Å². The van der Waals surface area contributed by atoms with Gasteiger partial charge in [0, 0.05) is 13.1 Å². The maximum Gasteiger partial charge on any atom is 0.106 e. The number of hydrogen-bond acceptors (Lipinski definition) is 4. The van der Waals surface area contributed by atoms with Crippen molar-refractivity contribution < 1.29 is 10.2 Å². The normalized spacial score (nSPS) is 14.8. The maximum absolute atomic E-state index is 9.79. The Morgan fingerprint density at radius 3 is 2.75 bits per heavy atom. The van der Waals surface area contributed by atoms with E-state index in [-0.39, 0.29) is 6.54 Å². The summed E-state index contributed by atoms with van der Waals surface area (Å²) >= 11 is 0. The van der Waals surface area contributed by atoms with Crippen LogP contribution in [0.2, 0.25) is 0 Å². The number of nitrogens with two attached hydrogens (primary N) is 1. The van der Waals surface area contributed by atoms with Crippen molar-refractivity contribution in [3.63, 3.8) is 0 Å². The van der Waals surface area contributed by atoms with Crippen LogP contribution in [0.4, 0.5) is 0 Å². The Hall–Kier alpha value is -0.940. The molecule has 1 rings (SSSR count). The molecule has 2 unspecified atom stereocenters. The molecule has 0 amide bonds. The third-order valence-corrected chi connectivity index (χ3v) is 2.48. The van der Waals surface area contributed by atoms with E-state index >= 15 is 0 Å². The molecule has 0 saturated heterocycles. The van der Waals surface area contributed by atoms with Gasteiger partial charge < -0.3 is 21.3 Å². The second kappa shape index (κ2) is 6.60. The minimum Gasteiger partial charge on any atom is -0.389 e. The monoisotopic (exact) mass is 224 g/mol. The second-order valence-corrected chi connectivity index (χ2v) is 3.77. The summed E-state index contributed by atoms with van der Waals surface area (Å²) < 4.78 is 0. The molecule has 1 aromatic rings. The molecule has 0 radical (unpaired) electrons. The lowest BCUT2D eigenvalue weighted by molar-refractivity contribution is 0.0243. The van der Waals surface area contributed by atoms with Gasteiger partial charge in [0.05, 0.1) is 6.10 Å². The van der Waals surface area contributed by atoms with E-state index in [1.165, 1.54) is 0 Å². The molecule has 4 nitrogen and oxygen atoms in total. The van der Waals surface area contributed by atoms with Crippen LogP contribution in [-0.4, -0.2) is 29.4 Å². The maximum atomic E-state index is 9.79. The first kappa shape index (κ1) is 13.1. The number of nitrogens with one attached hydrogen (secondary N) is 1. The smallest absolute Gasteiger partial charge is 0.106 e. The van der Waals surface area contributed by atoms with Crippen molar-refractivity contribution in [2.24, 2.45) is 5.73 Å². The number of aliphatic hydroxyl groups excluding tert-OH is 2. The molecule has 4 heteroatoms.